The number of nitrogens with zero attached hydrogens (tertiary/aromatic N) is 3. The molecule has 0 radical (unpaired) electrons. The van der Waals surface area contributed by atoms with Gasteiger partial charge in [0.1, 0.15) is 0 Å². The van der Waals surface area contributed by atoms with E-state index in [4.69, 9.17) is 4.74 Å². The molecule has 3 atom stereocenters. The van der Waals surface area contributed by atoms with Crippen LogP contribution in [0.5, 0.6) is 0 Å². The van der Waals surface area contributed by atoms with Crippen LogP contribution in [0.25, 0.3) is 11.4 Å². The second-order valence-electron chi connectivity index (χ2n) is 9.84. The number of fused-ring (bicyclic) bond motifs is 2. The standard InChI is InChI=1S/C24H34N4O2S/c1-16-7-6-8-17(13-16)21-26-27-22(28(21)11-12-30-5)31-15-20(29)25-19-14-18-9-10-24(19,4)23(18,2)3/h6-8,13,18-19H,9-12,14-15H2,1-5H3,(H,25,29). The minimum atomic E-state index is 0.0815. The van der Waals surface area contributed by atoms with Crippen molar-refractivity contribution in [1.82, 2.24) is 20.1 Å². The zero-order valence-electron chi connectivity index (χ0n) is 19.3. The third-order valence-corrected chi connectivity index (χ3v) is 8.94. The Morgan fingerprint density at radius 2 is 2.13 bits per heavy atom. The van der Waals surface area contributed by atoms with Crippen molar-refractivity contribution in [3.05, 3.63) is 29.8 Å². The summed E-state index contributed by atoms with van der Waals surface area (Å²) in [6, 6.07) is 8.50. The molecule has 31 heavy (non-hydrogen) atoms. The Kier molecular flexibility index (Phi) is 6.19. The van der Waals surface area contributed by atoms with Crippen LogP contribution in [-0.2, 0) is 16.1 Å². The summed E-state index contributed by atoms with van der Waals surface area (Å²) in [5.41, 5.74) is 2.68. The van der Waals surface area contributed by atoms with E-state index in [9.17, 15) is 4.79 Å². The van der Waals surface area contributed by atoms with Gasteiger partial charge < -0.3 is 10.1 Å². The van der Waals surface area contributed by atoms with Gasteiger partial charge in [0, 0.05) is 18.7 Å². The summed E-state index contributed by atoms with van der Waals surface area (Å²) in [5.74, 6) is 1.95. The number of nitrogens with one attached hydrogen (secondary N) is 1. The molecular weight excluding hydrogens is 408 g/mol. The van der Waals surface area contributed by atoms with Crippen LogP contribution < -0.4 is 5.32 Å². The van der Waals surface area contributed by atoms with Crippen molar-refractivity contribution < 1.29 is 9.53 Å². The molecule has 2 bridgehead atoms. The molecule has 1 heterocycles. The first-order valence-corrected chi connectivity index (χ1v) is 12.2. The summed E-state index contributed by atoms with van der Waals surface area (Å²) in [6.45, 7) is 10.4. The monoisotopic (exact) mass is 442 g/mol. The van der Waals surface area contributed by atoms with E-state index in [-0.39, 0.29) is 17.4 Å². The van der Waals surface area contributed by atoms with Crippen LogP contribution in [0.1, 0.15) is 45.6 Å². The van der Waals surface area contributed by atoms with Crippen molar-refractivity contribution in [2.24, 2.45) is 16.7 Å². The first-order valence-electron chi connectivity index (χ1n) is 11.2. The molecule has 0 spiro atoms. The quantitative estimate of drug-likeness (QED) is 0.617. The summed E-state index contributed by atoms with van der Waals surface area (Å²) >= 11 is 1.45. The molecule has 2 aliphatic rings. The molecule has 7 heteroatoms. The topological polar surface area (TPSA) is 69.0 Å². The largest absolute Gasteiger partial charge is 0.383 e. The average molecular weight is 443 g/mol. The Labute approximate surface area is 189 Å². The van der Waals surface area contributed by atoms with Gasteiger partial charge in [0.05, 0.1) is 18.9 Å². The van der Waals surface area contributed by atoms with Crippen LogP contribution in [0.4, 0.5) is 0 Å². The first kappa shape index (κ1) is 22.3. The van der Waals surface area contributed by atoms with Crippen LogP contribution in [0, 0.1) is 23.7 Å². The highest BCUT2D eigenvalue weighted by Crippen LogP contribution is 2.65. The van der Waals surface area contributed by atoms with Gasteiger partial charge in [-0.2, -0.15) is 0 Å². The van der Waals surface area contributed by atoms with Crippen LogP contribution in [0.15, 0.2) is 29.4 Å². The van der Waals surface area contributed by atoms with E-state index >= 15 is 0 Å². The summed E-state index contributed by atoms with van der Waals surface area (Å²) in [4.78, 5) is 12.8. The number of benzene rings is 1. The van der Waals surface area contributed by atoms with Gasteiger partial charge in [-0.3, -0.25) is 9.36 Å². The Morgan fingerprint density at radius 1 is 1.32 bits per heavy atom. The highest BCUT2D eigenvalue weighted by Gasteiger charge is 2.61. The maximum atomic E-state index is 12.8. The highest BCUT2D eigenvalue weighted by atomic mass is 32.2. The van der Waals surface area contributed by atoms with Crippen LogP contribution in [0.3, 0.4) is 0 Å². The van der Waals surface area contributed by atoms with E-state index in [1.165, 1.54) is 30.2 Å². The van der Waals surface area contributed by atoms with Crippen molar-refractivity contribution in [1.29, 1.82) is 0 Å². The van der Waals surface area contributed by atoms with Gasteiger partial charge in [-0.25, -0.2) is 0 Å². The van der Waals surface area contributed by atoms with Gasteiger partial charge in [0.25, 0.3) is 0 Å². The summed E-state index contributed by atoms with van der Waals surface area (Å²) < 4.78 is 7.35. The number of ether oxygens (including phenoxy) is 1. The van der Waals surface area contributed by atoms with Gasteiger partial charge in [0.15, 0.2) is 11.0 Å². The number of hydrogen-bond acceptors (Lipinski definition) is 5. The lowest BCUT2D eigenvalue weighted by Gasteiger charge is -2.39. The second-order valence-corrected chi connectivity index (χ2v) is 10.8. The average Bonchev–Trinajstić information content (AvgIpc) is 3.29. The molecule has 4 rings (SSSR count). The van der Waals surface area contributed by atoms with Gasteiger partial charge in [-0.15, -0.1) is 10.2 Å². The third kappa shape index (κ3) is 4.02. The molecular formula is C24H34N4O2S. The number of methoxy groups -OCH3 is 1. The number of amides is 1. The minimum Gasteiger partial charge on any atom is -0.383 e. The molecule has 1 amide bonds. The normalized spacial score (nSPS) is 26.4. The summed E-state index contributed by atoms with van der Waals surface area (Å²) in [5, 5.41) is 12.9. The van der Waals surface area contributed by atoms with E-state index in [0.717, 1.165) is 23.0 Å². The third-order valence-electron chi connectivity index (χ3n) is 7.97. The smallest absolute Gasteiger partial charge is 0.230 e. The van der Waals surface area contributed by atoms with Crippen molar-refractivity contribution in [3.8, 4) is 11.4 Å². The fourth-order valence-corrected chi connectivity index (χ4v) is 6.34. The summed E-state index contributed by atoms with van der Waals surface area (Å²) in [7, 11) is 1.69. The van der Waals surface area contributed by atoms with E-state index in [1.807, 2.05) is 12.1 Å². The van der Waals surface area contributed by atoms with Crippen molar-refractivity contribution in [3.63, 3.8) is 0 Å². The fraction of sp³-hybridized carbons (Fsp3) is 0.625. The van der Waals surface area contributed by atoms with Gasteiger partial charge in [-0.05, 0) is 49.0 Å². The molecule has 3 unspecified atom stereocenters. The molecule has 1 aromatic carbocycles. The van der Waals surface area contributed by atoms with Crippen molar-refractivity contribution in [2.75, 3.05) is 19.5 Å². The molecule has 2 saturated carbocycles. The first-order chi connectivity index (χ1) is 14.8. The maximum absolute atomic E-state index is 12.8. The lowest BCUT2D eigenvalue weighted by molar-refractivity contribution is -0.120. The van der Waals surface area contributed by atoms with Gasteiger partial charge in [-0.1, -0.05) is 56.3 Å². The minimum absolute atomic E-state index is 0.0815. The van der Waals surface area contributed by atoms with E-state index in [0.29, 0.717) is 30.2 Å². The number of hydrogen-bond donors (Lipinski definition) is 1. The lowest BCUT2D eigenvalue weighted by Crippen LogP contribution is -2.47. The fourth-order valence-electron chi connectivity index (χ4n) is 5.57. The highest BCUT2D eigenvalue weighted by molar-refractivity contribution is 7.99. The molecule has 1 aromatic heterocycles. The Hall–Kier alpha value is -1.86. The molecule has 0 aliphatic heterocycles. The van der Waals surface area contributed by atoms with E-state index in [2.05, 4.69) is 59.9 Å². The molecule has 1 N–H and O–H groups in total. The van der Waals surface area contributed by atoms with Gasteiger partial charge in [0.2, 0.25) is 5.91 Å². The molecule has 0 saturated heterocycles. The van der Waals surface area contributed by atoms with Gasteiger partial charge >= 0.3 is 0 Å². The maximum Gasteiger partial charge on any atom is 0.230 e. The Morgan fingerprint density at radius 3 is 2.77 bits per heavy atom. The molecule has 2 aromatic rings. The van der Waals surface area contributed by atoms with E-state index in [1.54, 1.807) is 7.11 Å². The SMILES string of the molecule is COCCn1c(SCC(=O)NC2CC3CCC2(C)C3(C)C)nnc1-c1cccc(C)c1. The predicted molar refractivity (Wildman–Crippen MR) is 124 cm³/mol. The lowest BCUT2D eigenvalue weighted by atomic mass is 9.69. The zero-order valence-corrected chi connectivity index (χ0v) is 20.1. The predicted octanol–water partition coefficient (Wildman–Crippen LogP) is 4.32. The zero-order chi connectivity index (χ0) is 22.2. The number of thioether (sulfide) groups is 1. The molecule has 6 nitrogen and oxygen atoms in total. The number of carbonyl (C=O) groups excluding carboxylic acids is 1. The number of aromatic nitrogens is 3. The molecule has 168 valence electrons. The van der Waals surface area contributed by atoms with E-state index < -0.39 is 0 Å². The van der Waals surface area contributed by atoms with Crippen LogP contribution in [-0.4, -0.2) is 46.2 Å². The Bertz CT molecular complexity index is 957. The van der Waals surface area contributed by atoms with Crippen molar-refractivity contribution >= 4 is 17.7 Å². The Balaban J connectivity index is 1.44. The number of carbonyl (C=O) groups is 1. The molecule has 2 aliphatic carbocycles. The molecule has 2 fully saturated rings. The second kappa shape index (κ2) is 8.58. The number of rotatable bonds is 8. The van der Waals surface area contributed by atoms with Crippen molar-refractivity contribution in [2.45, 2.75) is 64.7 Å². The van der Waals surface area contributed by atoms with Crippen LogP contribution in [0.2, 0.25) is 0 Å². The summed E-state index contributed by atoms with van der Waals surface area (Å²) in [6.07, 6.45) is 3.59. The van der Waals surface area contributed by atoms with Crippen LogP contribution >= 0.6 is 11.8 Å². The number of aryl methyl sites for hydroxylation is 1.